The van der Waals surface area contributed by atoms with Gasteiger partial charge in [-0.15, -0.1) is 0 Å². The van der Waals surface area contributed by atoms with Crippen molar-refractivity contribution in [3.8, 4) is 5.75 Å². The second-order valence-corrected chi connectivity index (χ2v) is 5.55. The summed E-state index contributed by atoms with van der Waals surface area (Å²) >= 11 is 2.14. The molecule has 0 spiro atoms. The Labute approximate surface area is 125 Å². The van der Waals surface area contributed by atoms with Crippen LogP contribution in [0.5, 0.6) is 5.75 Å². The molecule has 0 aliphatic rings. The molecule has 1 amide bonds. The molecule has 0 unspecified atom stereocenters. The monoisotopic (exact) mass is 367 g/mol. The standard InChI is InChI=1S/C15H14INO2/c1-9-7-11(8-10(2)14(9)18)17-15(19)12-5-3-4-6-13(12)16/h3-8,18H,1-2H3,(H,17,19). The molecule has 2 aromatic rings. The molecule has 2 rings (SSSR count). The van der Waals surface area contributed by atoms with Crippen molar-refractivity contribution >= 4 is 34.2 Å². The number of halogens is 1. The van der Waals surface area contributed by atoms with E-state index in [0.717, 1.165) is 14.7 Å². The lowest BCUT2D eigenvalue weighted by Gasteiger charge is -2.10. The van der Waals surface area contributed by atoms with E-state index in [2.05, 4.69) is 27.9 Å². The van der Waals surface area contributed by atoms with Gasteiger partial charge in [-0.2, -0.15) is 0 Å². The number of benzene rings is 2. The first-order chi connectivity index (χ1) is 8.99. The number of carbonyl (C=O) groups is 1. The molecule has 0 radical (unpaired) electrons. The Bertz CT molecular complexity index is 615. The minimum absolute atomic E-state index is 0.144. The van der Waals surface area contributed by atoms with Crippen LogP contribution in [0, 0.1) is 17.4 Å². The molecule has 0 heterocycles. The third-order valence-electron chi connectivity index (χ3n) is 2.87. The number of amides is 1. The Morgan fingerprint density at radius 2 is 1.74 bits per heavy atom. The molecule has 98 valence electrons. The van der Waals surface area contributed by atoms with Crippen LogP contribution >= 0.6 is 22.6 Å². The first kappa shape index (κ1) is 13.9. The number of hydrogen-bond acceptors (Lipinski definition) is 2. The minimum atomic E-state index is -0.144. The summed E-state index contributed by atoms with van der Waals surface area (Å²) in [6.45, 7) is 3.62. The van der Waals surface area contributed by atoms with Gasteiger partial charge in [0.1, 0.15) is 5.75 Å². The fourth-order valence-electron chi connectivity index (χ4n) is 1.87. The summed E-state index contributed by atoms with van der Waals surface area (Å²) in [7, 11) is 0. The van der Waals surface area contributed by atoms with E-state index in [9.17, 15) is 9.90 Å². The summed E-state index contributed by atoms with van der Waals surface area (Å²) in [4.78, 5) is 12.2. The van der Waals surface area contributed by atoms with Gasteiger partial charge in [-0.25, -0.2) is 0 Å². The van der Waals surface area contributed by atoms with Crippen LogP contribution in [0.15, 0.2) is 36.4 Å². The van der Waals surface area contributed by atoms with Crippen LogP contribution in [0.25, 0.3) is 0 Å². The predicted octanol–water partition coefficient (Wildman–Crippen LogP) is 3.87. The molecule has 19 heavy (non-hydrogen) atoms. The van der Waals surface area contributed by atoms with Gasteiger partial charge in [0, 0.05) is 9.26 Å². The average Bonchev–Trinajstić information content (AvgIpc) is 2.36. The van der Waals surface area contributed by atoms with Crippen molar-refractivity contribution in [2.45, 2.75) is 13.8 Å². The van der Waals surface area contributed by atoms with E-state index in [4.69, 9.17) is 0 Å². The summed E-state index contributed by atoms with van der Waals surface area (Å²) in [5.41, 5.74) is 2.83. The van der Waals surface area contributed by atoms with Crippen LogP contribution in [0.1, 0.15) is 21.5 Å². The van der Waals surface area contributed by atoms with Gasteiger partial charge in [-0.05, 0) is 71.8 Å². The highest BCUT2D eigenvalue weighted by molar-refractivity contribution is 14.1. The number of rotatable bonds is 2. The van der Waals surface area contributed by atoms with Crippen molar-refractivity contribution in [1.82, 2.24) is 0 Å². The van der Waals surface area contributed by atoms with Gasteiger partial charge in [-0.3, -0.25) is 4.79 Å². The zero-order valence-electron chi connectivity index (χ0n) is 10.7. The zero-order valence-corrected chi connectivity index (χ0v) is 12.9. The maximum Gasteiger partial charge on any atom is 0.256 e. The van der Waals surface area contributed by atoms with Gasteiger partial charge < -0.3 is 10.4 Å². The van der Waals surface area contributed by atoms with Crippen LogP contribution in [-0.2, 0) is 0 Å². The Balaban J connectivity index is 2.27. The molecular weight excluding hydrogens is 353 g/mol. The molecule has 0 saturated carbocycles. The highest BCUT2D eigenvalue weighted by Crippen LogP contribution is 2.26. The third kappa shape index (κ3) is 3.07. The number of phenolic OH excluding ortho intramolecular Hbond substituents is 1. The van der Waals surface area contributed by atoms with E-state index in [1.165, 1.54) is 0 Å². The van der Waals surface area contributed by atoms with Crippen LogP contribution in [0.4, 0.5) is 5.69 Å². The van der Waals surface area contributed by atoms with Crippen molar-refractivity contribution in [1.29, 1.82) is 0 Å². The number of anilines is 1. The average molecular weight is 367 g/mol. The summed E-state index contributed by atoms with van der Waals surface area (Å²) in [5.74, 6) is 0.127. The zero-order chi connectivity index (χ0) is 14.0. The Morgan fingerprint density at radius 1 is 1.16 bits per heavy atom. The molecule has 4 heteroatoms. The maximum absolute atomic E-state index is 12.2. The van der Waals surface area contributed by atoms with Gasteiger partial charge in [-0.1, -0.05) is 12.1 Å². The lowest BCUT2D eigenvalue weighted by atomic mass is 10.1. The van der Waals surface area contributed by atoms with E-state index in [1.807, 2.05) is 32.0 Å². The van der Waals surface area contributed by atoms with Crippen molar-refractivity contribution in [3.05, 3.63) is 56.7 Å². The highest BCUT2D eigenvalue weighted by atomic mass is 127. The van der Waals surface area contributed by atoms with E-state index in [1.54, 1.807) is 18.2 Å². The Kier molecular flexibility index (Phi) is 4.09. The number of aryl methyl sites for hydroxylation is 2. The molecule has 0 aliphatic heterocycles. The number of carbonyl (C=O) groups excluding carboxylic acids is 1. The summed E-state index contributed by atoms with van der Waals surface area (Å²) in [6, 6.07) is 10.9. The van der Waals surface area contributed by atoms with E-state index >= 15 is 0 Å². The SMILES string of the molecule is Cc1cc(NC(=O)c2ccccc2I)cc(C)c1O. The summed E-state index contributed by atoms with van der Waals surface area (Å²) in [6.07, 6.45) is 0. The molecule has 0 bridgehead atoms. The number of nitrogens with one attached hydrogen (secondary N) is 1. The molecule has 2 aromatic carbocycles. The second-order valence-electron chi connectivity index (χ2n) is 4.39. The van der Waals surface area contributed by atoms with Gasteiger partial charge in [0.25, 0.3) is 5.91 Å². The smallest absolute Gasteiger partial charge is 0.256 e. The third-order valence-corrected chi connectivity index (χ3v) is 3.81. The largest absolute Gasteiger partial charge is 0.507 e. The quantitative estimate of drug-likeness (QED) is 0.626. The molecule has 2 N–H and O–H groups in total. The van der Waals surface area contributed by atoms with Crippen molar-refractivity contribution in [2.75, 3.05) is 5.32 Å². The van der Waals surface area contributed by atoms with Crippen molar-refractivity contribution in [3.63, 3.8) is 0 Å². The van der Waals surface area contributed by atoms with Gasteiger partial charge >= 0.3 is 0 Å². The van der Waals surface area contributed by atoms with Crippen molar-refractivity contribution < 1.29 is 9.90 Å². The normalized spacial score (nSPS) is 10.3. The highest BCUT2D eigenvalue weighted by Gasteiger charge is 2.11. The number of aromatic hydroxyl groups is 1. The Hall–Kier alpha value is -1.56. The molecule has 0 atom stereocenters. The Morgan fingerprint density at radius 3 is 2.32 bits per heavy atom. The minimum Gasteiger partial charge on any atom is -0.507 e. The van der Waals surface area contributed by atoms with Crippen LogP contribution in [0.3, 0.4) is 0 Å². The lowest BCUT2D eigenvalue weighted by molar-refractivity contribution is 0.102. The summed E-state index contributed by atoms with van der Waals surface area (Å²) < 4.78 is 0.907. The number of hydrogen-bond donors (Lipinski definition) is 2. The van der Waals surface area contributed by atoms with Crippen LogP contribution in [-0.4, -0.2) is 11.0 Å². The van der Waals surface area contributed by atoms with E-state index < -0.39 is 0 Å². The van der Waals surface area contributed by atoms with Gasteiger partial charge in [0.2, 0.25) is 0 Å². The molecule has 0 aliphatic carbocycles. The molecular formula is C15H14INO2. The maximum atomic E-state index is 12.2. The van der Waals surface area contributed by atoms with E-state index in [-0.39, 0.29) is 11.7 Å². The first-order valence-corrected chi connectivity index (χ1v) is 6.93. The van der Waals surface area contributed by atoms with E-state index in [0.29, 0.717) is 11.3 Å². The molecule has 3 nitrogen and oxygen atoms in total. The topological polar surface area (TPSA) is 49.3 Å². The van der Waals surface area contributed by atoms with Crippen molar-refractivity contribution in [2.24, 2.45) is 0 Å². The number of phenols is 1. The van der Waals surface area contributed by atoms with Crippen LogP contribution < -0.4 is 5.32 Å². The molecule has 0 saturated heterocycles. The first-order valence-electron chi connectivity index (χ1n) is 5.85. The predicted molar refractivity (Wildman–Crippen MR) is 84.7 cm³/mol. The van der Waals surface area contributed by atoms with Gasteiger partial charge in [0.05, 0.1) is 5.56 Å². The fraction of sp³-hybridized carbons (Fsp3) is 0.133. The van der Waals surface area contributed by atoms with Crippen LogP contribution in [0.2, 0.25) is 0 Å². The van der Waals surface area contributed by atoms with Gasteiger partial charge in [0.15, 0.2) is 0 Å². The fourth-order valence-corrected chi connectivity index (χ4v) is 2.50. The summed E-state index contributed by atoms with van der Waals surface area (Å²) in [5, 5.41) is 12.6. The molecule has 0 fully saturated rings. The molecule has 0 aromatic heterocycles. The lowest BCUT2D eigenvalue weighted by Crippen LogP contribution is -2.13. The second kappa shape index (κ2) is 5.61.